The number of aryl methyl sites for hydroxylation is 3. The molecule has 0 saturated carbocycles. The van der Waals surface area contributed by atoms with Gasteiger partial charge in [-0.25, -0.2) is 0 Å². The predicted octanol–water partition coefficient (Wildman–Crippen LogP) is 6.41. The van der Waals surface area contributed by atoms with Crippen molar-refractivity contribution in [3.63, 3.8) is 0 Å². The highest BCUT2D eigenvalue weighted by atomic mass is 15.0. The Morgan fingerprint density at radius 2 is 1.48 bits per heavy atom. The molecular weight excluding hydrogens is 278 g/mol. The fraction of sp³-hybridized carbons (Fsp3) is 0.364. The highest BCUT2D eigenvalue weighted by Crippen LogP contribution is 2.28. The number of rotatable bonds is 3. The summed E-state index contributed by atoms with van der Waals surface area (Å²) in [6, 6.07) is 6.74. The molecule has 1 aromatic carbocycles. The molecule has 0 spiro atoms. The third-order valence-corrected chi connectivity index (χ3v) is 4.39. The van der Waals surface area contributed by atoms with Crippen LogP contribution in [0.1, 0.15) is 54.4 Å². The standard InChI is InChI=1S/C22H29N/c1-9-19-14-17(4)21(10-11-22(6,7)8)23(19)20-12-15(2)18(5)16(3)13-20/h9-14H,1H2,2-8H3/b11-10-. The molecule has 0 N–H and O–H groups in total. The van der Waals surface area contributed by atoms with Crippen LogP contribution in [0, 0.1) is 33.1 Å². The number of hydrogen-bond donors (Lipinski definition) is 0. The van der Waals surface area contributed by atoms with E-state index in [9.17, 15) is 0 Å². The zero-order chi connectivity index (χ0) is 17.4. The van der Waals surface area contributed by atoms with Gasteiger partial charge in [0.05, 0.1) is 0 Å². The first-order valence-corrected chi connectivity index (χ1v) is 8.26. The zero-order valence-electron chi connectivity index (χ0n) is 15.6. The molecular formula is C22H29N. The van der Waals surface area contributed by atoms with Crippen LogP contribution in [0.2, 0.25) is 0 Å². The Balaban J connectivity index is 2.70. The van der Waals surface area contributed by atoms with Crippen molar-refractivity contribution in [3.05, 3.63) is 64.5 Å². The smallest absolute Gasteiger partial charge is 0.0488 e. The third-order valence-electron chi connectivity index (χ3n) is 4.39. The lowest BCUT2D eigenvalue weighted by Crippen LogP contribution is -2.03. The van der Waals surface area contributed by atoms with E-state index in [1.54, 1.807) is 0 Å². The summed E-state index contributed by atoms with van der Waals surface area (Å²) in [5, 5.41) is 0. The fourth-order valence-corrected chi connectivity index (χ4v) is 2.79. The Morgan fingerprint density at radius 3 is 1.96 bits per heavy atom. The maximum atomic E-state index is 4.00. The summed E-state index contributed by atoms with van der Waals surface area (Å²) in [7, 11) is 0. The summed E-state index contributed by atoms with van der Waals surface area (Å²) in [5.74, 6) is 0. The Morgan fingerprint density at radius 1 is 0.913 bits per heavy atom. The molecule has 122 valence electrons. The number of hydrogen-bond acceptors (Lipinski definition) is 0. The van der Waals surface area contributed by atoms with E-state index in [0.717, 1.165) is 5.69 Å². The van der Waals surface area contributed by atoms with Crippen molar-refractivity contribution in [3.8, 4) is 5.69 Å². The van der Waals surface area contributed by atoms with Gasteiger partial charge in [0.1, 0.15) is 0 Å². The van der Waals surface area contributed by atoms with Gasteiger partial charge in [0.2, 0.25) is 0 Å². The lowest BCUT2D eigenvalue weighted by Gasteiger charge is -2.16. The van der Waals surface area contributed by atoms with Crippen molar-refractivity contribution in [1.82, 2.24) is 4.57 Å². The molecule has 0 radical (unpaired) electrons. The summed E-state index contributed by atoms with van der Waals surface area (Å²) in [6.07, 6.45) is 6.45. The normalized spacial score (nSPS) is 12.1. The summed E-state index contributed by atoms with van der Waals surface area (Å²) < 4.78 is 2.31. The minimum absolute atomic E-state index is 0.162. The summed E-state index contributed by atoms with van der Waals surface area (Å²) in [4.78, 5) is 0. The lowest BCUT2D eigenvalue weighted by atomic mass is 9.95. The molecule has 0 aliphatic carbocycles. The number of aromatic nitrogens is 1. The van der Waals surface area contributed by atoms with Crippen molar-refractivity contribution in [2.45, 2.75) is 48.5 Å². The van der Waals surface area contributed by atoms with Crippen LogP contribution in [0.15, 0.2) is 30.9 Å². The van der Waals surface area contributed by atoms with Crippen molar-refractivity contribution < 1.29 is 0 Å². The van der Waals surface area contributed by atoms with Crippen LogP contribution in [0.4, 0.5) is 0 Å². The van der Waals surface area contributed by atoms with Crippen molar-refractivity contribution in [1.29, 1.82) is 0 Å². The number of nitrogens with zero attached hydrogens (tertiary/aromatic N) is 1. The van der Waals surface area contributed by atoms with E-state index in [1.165, 1.54) is 33.6 Å². The Hall–Kier alpha value is -2.02. The van der Waals surface area contributed by atoms with Crippen LogP contribution >= 0.6 is 0 Å². The zero-order valence-corrected chi connectivity index (χ0v) is 15.6. The SMILES string of the molecule is C=Cc1cc(C)c(/C=C\C(C)(C)C)n1-c1cc(C)c(C)c(C)c1. The highest BCUT2D eigenvalue weighted by molar-refractivity contribution is 5.63. The van der Waals surface area contributed by atoms with E-state index in [1.807, 2.05) is 6.08 Å². The van der Waals surface area contributed by atoms with E-state index in [4.69, 9.17) is 0 Å². The summed E-state index contributed by atoms with van der Waals surface area (Å²) >= 11 is 0. The number of benzene rings is 1. The Labute approximate surface area is 141 Å². The molecule has 0 fully saturated rings. The number of allylic oxidation sites excluding steroid dienone is 1. The second-order valence-electron chi connectivity index (χ2n) is 7.58. The van der Waals surface area contributed by atoms with Crippen LogP contribution in [-0.2, 0) is 0 Å². The van der Waals surface area contributed by atoms with Gasteiger partial charge < -0.3 is 4.57 Å². The summed E-state index contributed by atoms with van der Waals surface area (Å²) in [5.41, 5.74) is 9.04. The van der Waals surface area contributed by atoms with Crippen molar-refractivity contribution in [2.24, 2.45) is 5.41 Å². The quantitative estimate of drug-likeness (QED) is 0.617. The van der Waals surface area contributed by atoms with E-state index < -0.39 is 0 Å². The molecule has 2 aromatic rings. The van der Waals surface area contributed by atoms with Gasteiger partial charge in [-0.15, -0.1) is 0 Å². The first kappa shape index (κ1) is 17.3. The molecule has 0 aliphatic heterocycles. The Bertz CT molecular complexity index is 741. The van der Waals surface area contributed by atoms with E-state index in [2.05, 4.69) is 90.0 Å². The third kappa shape index (κ3) is 3.67. The molecule has 0 aliphatic rings. The molecule has 1 nitrogen and oxygen atoms in total. The molecule has 1 heteroatoms. The lowest BCUT2D eigenvalue weighted by molar-refractivity contribution is 0.547. The van der Waals surface area contributed by atoms with Crippen LogP contribution < -0.4 is 0 Å². The highest BCUT2D eigenvalue weighted by Gasteiger charge is 2.13. The average molecular weight is 307 g/mol. The molecule has 1 heterocycles. The van der Waals surface area contributed by atoms with Gasteiger partial charge in [0.15, 0.2) is 0 Å². The molecule has 0 saturated heterocycles. The first-order chi connectivity index (χ1) is 10.6. The van der Waals surface area contributed by atoms with Crippen LogP contribution in [0.25, 0.3) is 17.8 Å². The molecule has 0 atom stereocenters. The molecule has 0 unspecified atom stereocenters. The first-order valence-electron chi connectivity index (χ1n) is 8.26. The van der Waals surface area contributed by atoms with Crippen LogP contribution in [0.5, 0.6) is 0 Å². The van der Waals surface area contributed by atoms with Crippen LogP contribution in [0.3, 0.4) is 0 Å². The van der Waals surface area contributed by atoms with Crippen molar-refractivity contribution >= 4 is 12.2 Å². The topological polar surface area (TPSA) is 4.93 Å². The second-order valence-corrected chi connectivity index (χ2v) is 7.58. The van der Waals surface area contributed by atoms with Crippen molar-refractivity contribution in [2.75, 3.05) is 0 Å². The molecule has 23 heavy (non-hydrogen) atoms. The van der Waals surface area contributed by atoms with Gasteiger partial charge in [0.25, 0.3) is 0 Å². The molecule has 1 aromatic heterocycles. The maximum absolute atomic E-state index is 4.00. The fourth-order valence-electron chi connectivity index (χ4n) is 2.79. The van der Waals surface area contributed by atoms with Gasteiger partial charge in [0, 0.05) is 17.1 Å². The average Bonchev–Trinajstić information content (AvgIpc) is 2.77. The van der Waals surface area contributed by atoms with Gasteiger partial charge in [-0.05, 0) is 85.7 Å². The van der Waals surface area contributed by atoms with E-state index >= 15 is 0 Å². The predicted molar refractivity (Wildman–Crippen MR) is 103 cm³/mol. The van der Waals surface area contributed by atoms with E-state index in [0.29, 0.717) is 0 Å². The van der Waals surface area contributed by atoms with Gasteiger partial charge in [-0.2, -0.15) is 0 Å². The monoisotopic (exact) mass is 307 g/mol. The van der Waals surface area contributed by atoms with Gasteiger partial charge >= 0.3 is 0 Å². The maximum Gasteiger partial charge on any atom is 0.0488 e. The summed E-state index contributed by atoms with van der Waals surface area (Å²) in [6.45, 7) is 19.4. The Kier molecular flexibility index (Phi) is 4.70. The van der Waals surface area contributed by atoms with Gasteiger partial charge in [-0.1, -0.05) is 33.4 Å². The van der Waals surface area contributed by atoms with Gasteiger partial charge in [-0.3, -0.25) is 0 Å². The minimum Gasteiger partial charge on any atom is -0.310 e. The minimum atomic E-state index is 0.162. The molecule has 0 bridgehead atoms. The van der Waals surface area contributed by atoms with E-state index in [-0.39, 0.29) is 5.41 Å². The second kappa shape index (κ2) is 6.23. The molecule has 0 amide bonds. The molecule has 2 rings (SSSR count). The van der Waals surface area contributed by atoms with Crippen LogP contribution in [-0.4, -0.2) is 4.57 Å². The largest absolute Gasteiger partial charge is 0.310 e.